The molecular weight excluding hydrogens is 162 g/mol. The fraction of sp³-hybridized carbons (Fsp3) is 0.500. The Bertz CT molecular complexity index is 114. The molecule has 0 aromatic carbocycles. The maximum Gasteiger partial charge on any atom is 0.231 e. The third-order valence-corrected chi connectivity index (χ3v) is 1.71. The Morgan fingerprint density at radius 3 is 2.33 bits per heavy atom. The smallest absolute Gasteiger partial charge is 0.231 e. The summed E-state index contributed by atoms with van der Waals surface area (Å²) >= 11 is 6.06. The van der Waals surface area contributed by atoms with Crippen molar-refractivity contribution in [2.24, 2.45) is 5.73 Å². The summed E-state index contributed by atoms with van der Waals surface area (Å²) in [7, 11) is 0. The predicted octanol–water partition coefficient (Wildman–Crippen LogP) is -0.0297. The first-order valence-corrected chi connectivity index (χ1v) is 3.70. The number of amides is 1. The summed E-state index contributed by atoms with van der Waals surface area (Å²) in [4.78, 5) is 20.0. The van der Waals surface area contributed by atoms with Gasteiger partial charge in [-0.1, -0.05) is 0 Å². The summed E-state index contributed by atoms with van der Waals surface area (Å²) in [6.07, 6.45) is 0. The largest absolute Gasteiger partial charge is 0.369 e. The minimum atomic E-state index is -0.457. The molecular formula is C4H6ClNO2S. The zero-order chi connectivity index (χ0) is 7.28. The number of halogens is 1. The third-order valence-electron chi connectivity index (χ3n) is 0.460. The lowest BCUT2D eigenvalue weighted by Crippen LogP contribution is -2.14. The summed E-state index contributed by atoms with van der Waals surface area (Å²) in [6, 6.07) is 0. The molecule has 0 aliphatic carbocycles. The number of carbonyl (C=O) groups is 2. The van der Waals surface area contributed by atoms with Crippen molar-refractivity contribution in [3.05, 3.63) is 0 Å². The van der Waals surface area contributed by atoms with Crippen LogP contribution in [-0.2, 0) is 9.59 Å². The SMILES string of the molecule is NC(=O)CSCC(=O)Cl. The maximum absolute atomic E-state index is 10.0. The van der Waals surface area contributed by atoms with E-state index >= 15 is 0 Å². The van der Waals surface area contributed by atoms with Crippen LogP contribution in [-0.4, -0.2) is 22.7 Å². The second-order valence-corrected chi connectivity index (χ2v) is 2.72. The molecule has 0 saturated carbocycles. The van der Waals surface area contributed by atoms with Crippen LogP contribution in [0.3, 0.4) is 0 Å². The van der Waals surface area contributed by atoms with E-state index in [2.05, 4.69) is 0 Å². The van der Waals surface area contributed by atoms with Crippen LogP contribution in [0.5, 0.6) is 0 Å². The molecule has 5 heteroatoms. The Morgan fingerprint density at radius 2 is 2.00 bits per heavy atom. The molecule has 0 aliphatic rings. The molecule has 3 nitrogen and oxygen atoms in total. The van der Waals surface area contributed by atoms with Crippen molar-refractivity contribution >= 4 is 34.5 Å². The van der Waals surface area contributed by atoms with Gasteiger partial charge in [-0.2, -0.15) is 0 Å². The molecule has 0 aromatic rings. The lowest BCUT2D eigenvalue weighted by atomic mass is 10.8. The second kappa shape index (κ2) is 4.64. The highest BCUT2D eigenvalue weighted by molar-refractivity contribution is 8.00. The van der Waals surface area contributed by atoms with Gasteiger partial charge in [-0.3, -0.25) is 9.59 Å². The molecule has 0 rings (SSSR count). The second-order valence-electron chi connectivity index (χ2n) is 1.31. The van der Waals surface area contributed by atoms with Gasteiger partial charge in [-0.05, 0) is 11.6 Å². The molecule has 0 fully saturated rings. The first-order chi connectivity index (χ1) is 4.13. The van der Waals surface area contributed by atoms with E-state index in [9.17, 15) is 9.59 Å². The van der Waals surface area contributed by atoms with Crippen LogP contribution in [0.25, 0.3) is 0 Å². The van der Waals surface area contributed by atoms with Crippen LogP contribution in [0.15, 0.2) is 0 Å². The van der Waals surface area contributed by atoms with Crippen molar-refractivity contribution in [3.63, 3.8) is 0 Å². The topological polar surface area (TPSA) is 60.2 Å². The van der Waals surface area contributed by atoms with E-state index in [4.69, 9.17) is 17.3 Å². The molecule has 52 valence electrons. The Hall–Kier alpha value is -0.220. The molecule has 0 aromatic heterocycles. The van der Waals surface area contributed by atoms with Gasteiger partial charge in [0.2, 0.25) is 11.1 Å². The first-order valence-electron chi connectivity index (χ1n) is 2.17. The summed E-state index contributed by atoms with van der Waals surface area (Å²) in [6.45, 7) is 0. The van der Waals surface area contributed by atoms with Gasteiger partial charge in [0.1, 0.15) is 0 Å². The van der Waals surface area contributed by atoms with E-state index < -0.39 is 11.1 Å². The fourth-order valence-electron chi connectivity index (χ4n) is 0.232. The molecule has 0 spiro atoms. The van der Waals surface area contributed by atoms with Gasteiger partial charge >= 0.3 is 0 Å². The normalized spacial score (nSPS) is 9.00. The summed E-state index contributed by atoms with van der Waals surface area (Å²) in [5.41, 5.74) is 4.76. The lowest BCUT2D eigenvalue weighted by Gasteiger charge is -1.89. The van der Waals surface area contributed by atoms with Gasteiger partial charge < -0.3 is 5.73 Å². The van der Waals surface area contributed by atoms with Gasteiger partial charge in [-0.15, -0.1) is 11.8 Å². The zero-order valence-corrected chi connectivity index (χ0v) is 6.17. The summed E-state index contributed by atoms with van der Waals surface area (Å²) in [5, 5.41) is -0.457. The van der Waals surface area contributed by atoms with E-state index in [-0.39, 0.29) is 11.5 Å². The molecule has 2 N–H and O–H groups in total. The van der Waals surface area contributed by atoms with Gasteiger partial charge in [0.15, 0.2) is 0 Å². The predicted molar refractivity (Wildman–Crippen MR) is 37.4 cm³/mol. The van der Waals surface area contributed by atoms with Gasteiger partial charge in [0.25, 0.3) is 0 Å². The number of carbonyl (C=O) groups excluding carboxylic acids is 2. The number of nitrogens with two attached hydrogens (primary N) is 1. The van der Waals surface area contributed by atoms with E-state index in [1.165, 1.54) is 0 Å². The van der Waals surface area contributed by atoms with E-state index in [0.29, 0.717) is 0 Å². The Morgan fingerprint density at radius 1 is 1.44 bits per heavy atom. The zero-order valence-electron chi connectivity index (χ0n) is 4.59. The van der Waals surface area contributed by atoms with Crippen LogP contribution in [0.4, 0.5) is 0 Å². The van der Waals surface area contributed by atoms with Crippen LogP contribution in [0, 0.1) is 0 Å². The molecule has 0 heterocycles. The Kier molecular flexibility index (Phi) is 4.53. The number of hydrogen-bond acceptors (Lipinski definition) is 3. The highest BCUT2D eigenvalue weighted by Gasteiger charge is 1.97. The monoisotopic (exact) mass is 167 g/mol. The van der Waals surface area contributed by atoms with Gasteiger partial charge in [-0.25, -0.2) is 0 Å². The van der Waals surface area contributed by atoms with Crippen molar-refractivity contribution in [1.29, 1.82) is 0 Å². The summed E-state index contributed by atoms with van der Waals surface area (Å²) < 4.78 is 0. The minimum Gasteiger partial charge on any atom is -0.369 e. The van der Waals surface area contributed by atoms with Gasteiger partial charge in [0.05, 0.1) is 11.5 Å². The van der Waals surface area contributed by atoms with Crippen LogP contribution < -0.4 is 5.73 Å². The molecule has 0 atom stereocenters. The molecule has 0 bridgehead atoms. The Balaban J connectivity index is 3.10. The quantitative estimate of drug-likeness (QED) is 0.599. The van der Waals surface area contributed by atoms with Crippen molar-refractivity contribution in [2.45, 2.75) is 0 Å². The van der Waals surface area contributed by atoms with Crippen molar-refractivity contribution < 1.29 is 9.59 Å². The number of rotatable bonds is 4. The molecule has 0 radical (unpaired) electrons. The highest BCUT2D eigenvalue weighted by Crippen LogP contribution is 1.99. The third kappa shape index (κ3) is 7.78. The minimum absolute atomic E-state index is 0.143. The van der Waals surface area contributed by atoms with E-state index in [1.54, 1.807) is 0 Å². The average molecular weight is 168 g/mol. The number of primary amides is 1. The number of thioether (sulfide) groups is 1. The highest BCUT2D eigenvalue weighted by atomic mass is 35.5. The van der Waals surface area contributed by atoms with Crippen molar-refractivity contribution in [1.82, 2.24) is 0 Å². The average Bonchev–Trinajstić information content (AvgIpc) is 1.63. The molecule has 0 saturated heterocycles. The molecule has 1 amide bonds. The van der Waals surface area contributed by atoms with Crippen LogP contribution >= 0.6 is 23.4 Å². The van der Waals surface area contributed by atoms with Crippen molar-refractivity contribution in [3.8, 4) is 0 Å². The van der Waals surface area contributed by atoms with Gasteiger partial charge in [0, 0.05) is 0 Å². The lowest BCUT2D eigenvalue weighted by molar-refractivity contribution is -0.115. The Labute approximate surface area is 61.9 Å². The van der Waals surface area contributed by atoms with Crippen molar-refractivity contribution in [2.75, 3.05) is 11.5 Å². The molecule has 0 aliphatic heterocycles. The van der Waals surface area contributed by atoms with E-state index in [0.717, 1.165) is 11.8 Å². The van der Waals surface area contributed by atoms with Crippen LogP contribution in [0.2, 0.25) is 0 Å². The molecule has 9 heavy (non-hydrogen) atoms. The molecule has 0 unspecified atom stereocenters. The van der Waals surface area contributed by atoms with Crippen LogP contribution in [0.1, 0.15) is 0 Å². The summed E-state index contributed by atoms with van der Waals surface area (Å²) in [5.74, 6) is -0.138. The first kappa shape index (κ1) is 8.78. The van der Waals surface area contributed by atoms with E-state index in [1.807, 2.05) is 0 Å². The number of hydrogen-bond donors (Lipinski definition) is 1. The standard InChI is InChI=1S/C4H6ClNO2S/c5-3(7)1-9-2-4(6)8/h1-2H2,(H2,6,8). The fourth-order valence-corrected chi connectivity index (χ4v) is 0.927. The maximum atomic E-state index is 10.0.